The number of hydrogen-bond acceptors (Lipinski definition) is 2. The lowest BCUT2D eigenvalue weighted by Gasteiger charge is -2.07. The van der Waals surface area contributed by atoms with E-state index in [0.717, 1.165) is 5.56 Å². The van der Waals surface area contributed by atoms with Gasteiger partial charge in [0.25, 0.3) is 0 Å². The van der Waals surface area contributed by atoms with Crippen LogP contribution in [0, 0.1) is 5.82 Å². The minimum atomic E-state index is -0.488. The fourth-order valence-corrected chi connectivity index (χ4v) is 1.14. The highest BCUT2D eigenvalue weighted by Gasteiger charge is 2.05. The maximum atomic E-state index is 12.6. The van der Waals surface area contributed by atoms with Crippen molar-refractivity contribution in [2.45, 2.75) is 19.4 Å². The number of nitrogens with two attached hydrogens (primary N) is 1. The Bertz CT molecular complexity index is 327. The molecule has 1 aromatic carbocycles. The van der Waals surface area contributed by atoms with Gasteiger partial charge in [0.2, 0.25) is 5.91 Å². The third-order valence-electron chi connectivity index (χ3n) is 2.04. The van der Waals surface area contributed by atoms with Crippen LogP contribution < -0.4 is 11.1 Å². The van der Waals surface area contributed by atoms with Gasteiger partial charge in [-0.3, -0.25) is 4.79 Å². The summed E-state index contributed by atoms with van der Waals surface area (Å²) in [5, 5.41) is 2.69. The molecule has 1 aromatic rings. The zero-order valence-corrected chi connectivity index (χ0v) is 9.89. The first-order valence-electron chi connectivity index (χ1n) is 4.87. The quantitative estimate of drug-likeness (QED) is 0.840. The Hall–Kier alpha value is -1.13. The van der Waals surface area contributed by atoms with E-state index in [1.165, 1.54) is 12.1 Å². The lowest BCUT2D eigenvalue weighted by atomic mass is 10.1. The van der Waals surface area contributed by atoms with E-state index < -0.39 is 6.04 Å². The average Bonchev–Trinajstić information content (AvgIpc) is 2.20. The topological polar surface area (TPSA) is 55.1 Å². The Labute approximate surface area is 101 Å². The van der Waals surface area contributed by atoms with Crippen LogP contribution in [0.3, 0.4) is 0 Å². The molecule has 0 spiro atoms. The fourth-order valence-electron chi connectivity index (χ4n) is 1.14. The molecule has 1 rings (SSSR count). The number of carbonyl (C=O) groups is 1. The average molecular weight is 247 g/mol. The Balaban J connectivity index is 0.00000225. The lowest BCUT2D eigenvalue weighted by Crippen LogP contribution is -2.39. The molecule has 0 aliphatic carbocycles. The van der Waals surface area contributed by atoms with Crippen molar-refractivity contribution in [3.63, 3.8) is 0 Å². The number of nitrogens with one attached hydrogen (secondary N) is 1. The summed E-state index contributed by atoms with van der Waals surface area (Å²) in [6.07, 6.45) is 0.679. The van der Waals surface area contributed by atoms with Crippen molar-refractivity contribution in [2.75, 3.05) is 6.54 Å². The Morgan fingerprint density at radius 1 is 1.44 bits per heavy atom. The highest BCUT2D eigenvalue weighted by atomic mass is 35.5. The minimum Gasteiger partial charge on any atom is -0.354 e. The monoisotopic (exact) mass is 246 g/mol. The molecule has 0 radical (unpaired) electrons. The van der Waals surface area contributed by atoms with Crippen LogP contribution in [0.2, 0.25) is 0 Å². The van der Waals surface area contributed by atoms with Crippen molar-refractivity contribution in [2.24, 2.45) is 5.73 Å². The molecule has 0 heterocycles. The summed E-state index contributed by atoms with van der Waals surface area (Å²) < 4.78 is 12.6. The second kappa shape index (κ2) is 7.19. The molecule has 90 valence electrons. The van der Waals surface area contributed by atoms with Gasteiger partial charge in [-0.05, 0) is 31.0 Å². The summed E-state index contributed by atoms with van der Waals surface area (Å²) in [5.74, 6) is -0.421. The largest absolute Gasteiger partial charge is 0.354 e. The van der Waals surface area contributed by atoms with Crippen molar-refractivity contribution < 1.29 is 9.18 Å². The van der Waals surface area contributed by atoms with E-state index in [1.807, 2.05) is 0 Å². The van der Waals surface area contributed by atoms with Gasteiger partial charge in [-0.15, -0.1) is 12.4 Å². The summed E-state index contributed by atoms with van der Waals surface area (Å²) in [5.41, 5.74) is 6.36. The minimum absolute atomic E-state index is 0. The highest BCUT2D eigenvalue weighted by molar-refractivity contribution is 5.85. The van der Waals surface area contributed by atoms with Gasteiger partial charge in [-0.25, -0.2) is 4.39 Å². The Morgan fingerprint density at radius 2 is 2.00 bits per heavy atom. The molecule has 16 heavy (non-hydrogen) atoms. The summed E-state index contributed by atoms with van der Waals surface area (Å²) >= 11 is 0. The second-order valence-corrected chi connectivity index (χ2v) is 3.46. The number of rotatable bonds is 4. The number of hydrogen-bond donors (Lipinski definition) is 2. The van der Waals surface area contributed by atoms with Gasteiger partial charge in [-0.2, -0.15) is 0 Å². The predicted octanol–water partition coefficient (Wildman–Crippen LogP) is 1.25. The summed E-state index contributed by atoms with van der Waals surface area (Å²) in [7, 11) is 0. The molecular weight excluding hydrogens is 231 g/mol. The Kier molecular flexibility index (Phi) is 6.69. The van der Waals surface area contributed by atoms with Crippen LogP contribution in [-0.2, 0) is 11.2 Å². The Morgan fingerprint density at radius 3 is 2.50 bits per heavy atom. The smallest absolute Gasteiger partial charge is 0.236 e. The van der Waals surface area contributed by atoms with Crippen molar-refractivity contribution in [3.05, 3.63) is 35.6 Å². The van der Waals surface area contributed by atoms with Gasteiger partial charge in [0, 0.05) is 6.54 Å². The van der Waals surface area contributed by atoms with Gasteiger partial charge in [0.1, 0.15) is 5.82 Å². The normalized spacial score (nSPS) is 11.4. The van der Waals surface area contributed by atoms with E-state index in [9.17, 15) is 9.18 Å². The lowest BCUT2D eigenvalue weighted by molar-refractivity contribution is -0.121. The van der Waals surface area contributed by atoms with E-state index in [2.05, 4.69) is 5.32 Å². The first-order chi connectivity index (χ1) is 7.09. The third-order valence-corrected chi connectivity index (χ3v) is 2.04. The second-order valence-electron chi connectivity index (χ2n) is 3.46. The molecule has 1 atom stereocenters. The van der Waals surface area contributed by atoms with Crippen LogP contribution in [0.5, 0.6) is 0 Å². The first-order valence-corrected chi connectivity index (χ1v) is 4.87. The molecule has 0 aromatic heterocycles. The molecule has 0 bridgehead atoms. The van der Waals surface area contributed by atoms with Gasteiger partial charge in [0.05, 0.1) is 6.04 Å². The van der Waals surface area contributed by atoms with Crippen molar-refractivity contribution in [3.8, 4) is 0 Å². The van der Waals surface area contributed by atoms with Gasteiger partial charge in [-0.1, -0.05) is 12.1 Å². The molecule has 0 unspecified atom stereocenters. The molecule has 0 saturated heterocycles. The fraction of sp³-hybridized carbons (Fsp3) is 0.364. The zero-order chi connectivity index (χ0) is 11.3. The van der Waals surface area contributed by atoms with E-state index in [1.54, 1.807) is 19.1 Å². The predicted molar refractivity (Wildman–Crippen MR) is 64.0 cm³/mol. The molecule has 1 amide bonds. The van der Waals surface area contributed by atoms with Crippen LogP contribution in [0.4, 0.5) is 4.39 Å². The highest BCUT2D eigenvalue weighted by Crippen LogP contribution is 2.02. The zero-order valence-electron chi connectivity index (χ0n) is 9.07. The van der Waals surface area contributed by atoms with Crippen molar-refractivity contribution >= 4 is 18.3 Å². The van der Waals surface area contributed by atoms with E-state index in [0.29, 0.717) is 13.0 Å². The molecule has 0 saturated carbocycles. The molecule has 0 aliphatic heterocycles. The van der Waals surface area contributed by atoms with Gasteiger partial charge in [0.15, 0.2) is 0 Å². The van der Waals surface area contributed by atoms with Crippen molar-refractivity contribution in [1.29, 1.82) is 0 Å². The van der Waals surface area contributed by atoms with Crippen molar-refractivity contribution in [1.82, 2.24) is 5.32 Å². The molecule has 3 nitrogen and oxygen atoms in total. The third kappa shape index (κ3) is 5.09. The molecule has 3 N–H and O–H groups in total. The van der Waals surface area contributed by atoms with E-state index in [-0.39, 0.29) is 24.1 Å². The summed E-state index contributed by atoms with van der Waals surface area (Å²) in [6.45, 7) is 2.15. The molecular formula is C11H16ClFN2O. The standard InChI is InChI=1S/C11H15FN2O.ClH/c1-8(13)11(15)14-7-6-9-2-4-10(12)5-3-9;/h2-5,8H,6-7,13H2,1H3,(H,14,15);1H/t8-;/m0./s1. The summed E-state index contributed by atoms with van der Waals surface area (Å²) in [4.78, 5) is 11.1. The maximum Gasteiger partial charge on any atom is 0.236 e. The number of benzene rings is 1. The van der Waals surface area contributed by atoms with Crippen LogP contribution in [-0.4, -0.2) is 18.5 Å². The van der Waals surface area contributed by atoms with Crippen LogP contribution in [0.1, 0.15) is 12.5 Å². The molecule has 0 aliphatic rings. The molecule has 0 fully saturated rings. The molecule has 5 heteroatoms. The SMILES string of the molecule is C[C@H](N)C(=O)NCCc1ccc(F)cc1.Cl. The number of halogens is 2. The number of carbonyl (C=O) groups excluding carboxylic acids is 1. The maximum absolute atomic E-state index is 12.6. The van der Waals surface area contributed by atoms with Crippen LogP contribution >= 0.6 is 12.4 Å². The van der Waals surface area contributed by atoms with Gasteiger partial charge < -0.3 is 11.1 Å². The van der Waals surface area contributed by atoms with Crippen LogP contribution in [0.15, 0.2) is 24.3 Å². The number of amides is 1. The van der Waals surface area contributed by atoms with E-state index >= 15 is 0 Å². The van der Waals surface area contributed by atoms with Crippen LogP contribution in [0.25, 0.3) is 0 Å². The van der Waals surface area contributed by atoms with Gasteiger partial charge >= 0.3 is 0 Å². The van der Waals surface area contributed by atoms with E-state index in [4.69, 9.17) is 5.73 Å². The first kappa shape index (κ1) is 14.9. The summed E-state index contributed by atoms with van der Waals surface area (Å²) in [6, 6.07) is 5.73.